The van der Waals surface area contributed by atoms with Gasteiger partial charge in [-0.3, -0.25) is 24.7 Å². The maximum absolute atomic E-state index is 13.3. The molecule has 0 radical (unpaired) electrons. The van der Waals surface area contributed by atoms with E-state index in [1.54, 1.807) is 0 Å². The van der Waals surface area contributed by atoms with Crippen molar-refractivity contribution < 1.29 is 18.9 Å². The molecule has 10 nitrogen and oxygen atoms in total. The van der Waals surface area contributed by atoms with Crippen LogP contribution in [0.3, 0.4) is 0 Å². The first kappa shape index (κ1) is 17.7. The molecule has 0 saturated heterocycles. The minimum atomic E-state index is -0.909. The van der Waals surface area contributed by atoms with Crippen LogP contribution in [-0.2, 0) is 4.79 Å². The van der Waals surface area contributed by atoms with Crippen molar-refractivity contribution in [3.05, 3.63) is 62.4 Å². The fourth-order valence-corrected chi connectivity index (χ4v) is 1.82. The molecule has 0 unspecified atom stereocenters. The van der Waals surface area contributed by atoms with Crippen molar-refractivity contribution in [2.45, 2.75) is 6.42 Å². The second-order valence-corrected chi connectivity index (χ2v) is 4.77. The number of nitro benzene ring substituents is 1. The van der Waals surface area contributed by atoms with Crippen molar-refractivity contribution in [3.63, 3.8) is 0 Å². The number of aromatic nitrogens is 2. The van der Waals surface area contributed by atoms with Crippen molar-refractivity contribution in [2.24, 2.45) is 0 Å². The minimum absolute atomic E-state index is 0.0686. The van der Waals surface area contributed by atoms with E-state index in [0.29, 0.717) is 6.20 Å². The van der Waals surface area contributed by atoms with Crippen molar-refractivity contribution in [2.75, 3.05) is 11.9 Å². The summed E-state index contributed by atoms with van der Waals surface area (Å²) in [4.78, 5) is 49.7. The number of amides is 2. The zero-order valence-corrected chi connectivity index (χ0v) is 12.6. The summed E-state index contributed by atoms with van der Waals surface area (Å²) >= 11 is 0. The molecule has 11 heteroatoms. The third kappa shape index (κ3) is 4.92. The predicted molar refractivity (Wildman–Crippen MR) is 83.5 cm³/mol. The molecule has 3 N–H and O–H groups in total. The molecule has 25 heavy (non-hydrogen) atoms. The number of H-pyrrole nitrogens is 1. The van der Waals surface area contributed by atoms with Gasteiger partial charge in [-0.1, -0.05) is 6.07 Å². The van der Waals surface area contributed by atoms with E-state index in [2.05, 4.69) is 15.6 Å². The summed E-state index contributed by atoms with van der Waals surface area (Å²) in [6.07, 6.45) is 0.461. The van der Waals surface area contributed by atoms with Gasteiger partial charge in [-0.25, -0.2) is 9.18 Å². The molecule has 130 valence electrons. The van der Waals surface area contributed by atoms with Crippen LogP contribution >= 0.6 is 0 Å². The molecule has 0 saturated carbocycles. The van der Waals surface area contributed by atoms with Crippen LogP contribution in [0.2, 0.25) is 0 Å². The number of nitrogens with zero attached hydrogens (tertiary/aromatic N) is 2. The largest absolute Gasteiger partial charge is 0.352 e. The van der Waals surface area contributed by atoms with E-state index >= 15 is 0 Å². The first-order chi connectivity index (χ1) is 11.9. The highest BCUT2D eigenvalue weighted by Gasteiger charge is 2.12. The molecule has 2 amide bonds. The van der Waals surface area contributed by atoms with Gasteiger partial charge in [-0.05, 0) is 6.07 Å². The van der Waals surface area contributed by atoms with Gasteiger partial charge in [0.2, 0.25) is 5.91 Å². The lowest BCUT2D eigenvalue weighted by Gasteiger charge is -2.07. The first-order valence-corrected chi connectivity index (χ1v) is 6.94. The lowest BCUT2D eigenvalue weighted by molar-refractivity contribution is -0.384. The summed E-state index contributed by atoms with van der Waals surface area (Å²) in [6, 6.07) is 5.10. The number of nitrogens with one attached hydrogen (secondary N) is 3. The zero-order chi connectivity index (χ0) is 18.4. The molecule has 0 aliphatic rings. The maximum atomic E-state index is 13.3. The Morgan fingerprint density at radius 2 is 2.12 bits per heavy atom. The lowest BCUT2D eigenvalue weighted by atomic mass is 10.2. The first-order valence-electron chi connectivity index (χ1n) is 6.94. The van der Waals surface area contributed by atoms with Gasteiger partial charge in [0.25, 0.3) is 11.6 Å². The monoisotopic (exact) mass is 349 g/mol. The molecule has 0 aliphatic carbocycles. The van der Waals surface area contributed by atoms with Gasteiger partial charge in [-0.2, -0.15) is 4.98 Å². The normalized spacial score (nSPS) is 10.1. The lowest BCUT2D eigenvalue weighted by Crippen LogP contribution is -2.28. The second kappa shape index (κ2) is 7.77. The summed E-state index contributed by atoms with van der Waals surface area (Å²) in [6.45, 7) is -0.0930. The van der Waals surface area contributed by atoms with Crippen LogP contribution in [-0.4, -0.2) is 33.3 Å². The van der Waals surface area contributed by atoms with Crippen LogP contribution in [0.15, 0.2) is 35.3 Å². The summed E-state index contributed by atoms with van der Waals surface area (Å²) < 4.78 is 13.3. The fourth-order valence-electron chi connectivity index (χ4n) is 1.82. The highest BCUT2D eigenvalue weighted by Crippen LogP contribution is 2.12. The van der Waals surface area contributed by atoms with E-state index in [9.17, 15) is 28.9 Å². The van der Waals surface area contributed by atoms with Crippen molar-refractivity contribution in [3.8, 4) is 0 Å². The van der Waals surface area contributed by atoms with Gasteiger partial charge >= 0.3 is 5.69 Å². The highest BCUT2D eigenvalue weighted by molar-refractivity contribution is 5.95. The van der Waals surface area contributed by atoms with E-state index < -0.39 is 34.1 Å². The average Bonchev–Trinajstić information content (AvgIpc) is 2.58. The van der Waals surface area contributed by atoms with E-state index in [1.165, 1.54) is 18.2 Å². The van der Waals surface area contributed by atoms with Crippen LogP contribution in [0, 0.1) is 15.9 Å². The third-order valence-electron chi connectivity index (χ3n) is 2.99. The Bertz CT molecular complexity index is 882. The molecule has 0 atom stereocenters. The fraction of sp³-hybridized carbons (Fsp3) is 0.143. The molecule has 0 aliphatic heterocycles. The third-order valence-corrected chi connectivity index (χ3v) is 2.99. The number of carbonyl (C=O) groups is 2. The smallest absolute Gasteiger partial charge is 0.346 e. The Balaban J connectivity index is 1.87. The summed E-state index contributed by atoms with van der Waals surface area (Å²) in [5.41, 5.74) is -0.989. The average molecular weight is 349 g/mol. The molecule has 2 aromatic rings. The van der Waals surface area contributed by atoms with Crippen LogP contribution in [0.1, 0.15) is 16.8 Å². The molecule has 0 bridgehead atoms. The van der Waals surface area contributed by atoms with E-state index in [1.807, 2.05) is 4.98 Å². The predicted octanol–water partition coefficient (Wildman–Crippen LogP) is 0.576. The Morgan fingerprint density at radius 3 is 2.84 bits per heavy atom. The Morgan fingerprint density at radius 1 is 1.36 bits per heavy atom. The van der Waals surface area contributed by atoms with Crippen molar-refractivity contribution in [1.29, 1.82) is 0 Å². The van der Waals surface area contributed by atoms with Gasteiger partial charge < -0.3 is 10.6 Å². The van der Waals surface area contributed by atoms with Gasteiger partial charge in [-0.15, -0.1) is 0 Å². The summed E-state index contributed by atoms with van der Waals surface area (Å²) in [5.74, 6) is -2.58. The van der Waals surface area contributed by atoms with E-state index in [-0.39, 0.29) is 24.2 Å². The number of anilines is 1. The molecule has 1 aromatic heterocycles. The SMILES string of the molecule is O=C(CCNC(=O)c1cccc([N+](=O)[O-])c1)Nc1[nH]c(=O)ncc1F. The number of non-ortho nitro benzene ring substituents is 1. The minimum Gasteiger partial charge on any atom is -0.352 e. The maximum Gasteiger partial charge on any atom is 0.346 e. The van der Waals surface area contributed by atoms with Gasteiger partial charge in [0.05, 0.1) is 11.1 Å². The quantitative estimate of drug-likeness (QED) is 0.513. The topological polar surface area (TPSA) is 147 Å². The molecule has 0 fully saturated rings. The molecular formula is C14H12FN5O5. The molecule has 2 rings (SSSR count). The number of halogens is 1. The number of rotatable bonds is 6. The second-order valence-electron chi connectivity index (χ2n) is 4.77. The van der Waals surface area contributed by atoms with Crippen LogP contribution < -0.4 is 16.3 Å². The Hall–Kier alpha value is -3.63. The standard InChI is InChI=1S/C14H12FN5O5/c15-10-7-17-14(23)19-12(10)18-11(21)4-5-16-13(22)8-2-1-3-9(6-8)20(24)25/h1-3,6-7H,4-5H2,(H,16,22)(H2,17,18,19,21,23). The Labute approximate surface area is 139 Å². The van der Waals surface area contributed by atoms with Crippen LogP contribution in [0.5, 0.6) is 0 Å². The Kier molecular flexibility index (Phi) is 5.50. The van der Waals surface area contributed by atoms with E-state index in [0.717, 1.165) is 6.07 Å². The summed E-state index contributed by atoms with van der Waals surface area (Å²) in [7, 11) is 0. The van der Waals surface area contributed by atoms with Gasteiger partial charge in [0.1, 0.15) is 0 Å². The number of hydrogen-bond acceptors (Lipinski definition) is 6. The number of aromatic amines is 1. The van der Waals surface area contributed by atoms with Crippen molar-refractivity contribution in [1.82, 2.24) is 15.3 Å². The van der Waals surface area contributed by atoms with Crippen LogP contribution in [0.25, 0.3) is 0 Å². The molecule has 1 aromatic carbocycles. The number of benzene rings is 1. The van der Waals surface area contributed by atoms with Crippen molar-refractivity contribution >= 4 is 23.3 Å². The zero-order valence-electron chi connectivity index (χ0n) is 12.6. The summed E-state index contributed by atoms with van der Waals surface area (Å²) in [5, 5.41) is 15.2. The number of carbonyl (C=O) groups excluding carboxylic acids is 2. The van der Waals surface area contributed by atoms with Gasteiger partial charge in [0.15, 0.2) is 11.6 Å². The highest BCUT2D eigenvalue weighted by atomic mass is 19.1. The molecular weight excluding hydrogens is 337 g/mol. The van der Waals surface area contributed by atoms with E-state index in [4.69, 9.17) is 0 Å². The molecule has 0 spiro atoms. The number of nitro groups is 1. The van der Waals surface area contributed by atoms with Crippen LogP contribution in [0.4, 0.5) is 15.9 Å². The molecule has 1 heterocycles. The van der Waals surface area contributed by atoms with Gasteiger partial charge in [0, 0.05) is 30.7 Å². The number of hydrogen-bond donors (Lipinski definition) is 3.